The van der Waals surface area contributed by atoms with Crippen LogP contribution in [0.4, 0.5) is 5.69 Å². The molecule has 12 heavy (non-hydrogen) atoms. The van der Waals surface area contributed by atoms with E-state index in [1.54, 1.807) is 6.07 Å². The van der Waals surface area contributed by atoms with E-state index in [0.717, 1.165) is 0 Å². The molecule has 1 radical (unpaired) electrons. The van der Waals surface area contributed by atoms with Crippen LogP contribution < -0.4 is 5.53 Å². The zero-order valence-corrected chi connectivity index (χ0v) is 6.02. The molecule has 1 aromatic carbocycles. The van der Waals surface area contributed by atoms with Gasteiger partial charge in [0.05, 0.1) is 11.1 Å². The van der Waals surface area contributed by atoms with Crippen LogP contribution >= 0.6 is 0 Å². The maximum Gasteiger partial charge on any atom is 0.123 e. The molecule has 0 unspecified atom stereocenters. The summed E-state index contributed by atoms with van der Waals surface area (Å²) < 4.78 is 0. The summed E-state index contributed by atoms with van der Waals surface area (Å²) in [5.74, 6) is 0. The van der Waals surface area contributed by atoms with E-state index < -0.39 is 0 Å². The second kappa shape index (κ2) is 3.27. The first kappa shape index (κ1) is 7.90. The smallest absolute Gasteiger partial charge is 0.123 e. The minimum absolute atomic E-state index is 0.0301. The Balaban J connectivity index is 3.47. The molecule has 0 aliphatic rings. The van der Waals surface area contributed by atoms with E-state index in [-0.39, 0.29) is 16.8 Å². The minimum Gasteiger partial charge on any atom is -0.192 e. The standard InChI is InChI=1S/C8H3N4/c9-4-6-2-1-3-7(5-10)8(6)12-11/h1-3H. The van der Waals surface area contributed by atoms with Crippen molar-refractivity contribution >= 4 is 5.69 Å². The molecule has 0 aliphatic carbocycles. The van der Waals surface area contributed by atoms with Crippen LogP contribution in [0.25, 0.3) is 0 Å². The highest BCUT2D eigenvalue weighted by Crippen LogP contribution is 2.21. The number of rotatable bonds is 1. The summed E-state index contributed by atoms with van der Waals surface area (Å²) in [6.07, 6.45) is 0. The summed E-state index contributed by atoms with van der Waals surface area (Å²) in [5, 5.41) is 19.9. The van der Waals surface area contributed by atoms with Crippen LogP contribution in [0.2, 0.25) is 0 Å². The zero-order valence-electron chi connectivity index (χ0n) is 6.02. The molecular formula is C8H3N4. The van der Waals surface area contributed by atoms with Crippen molar-refractivity contribution in [2.45, 2.75) is 0 Å². The highest BCUT2D eigenvalue weighted by molar-refractivity contribution is 5.62. The monoisotopic (exact) mass is 155 g/mol. The lowest BCUT2D eigenvalue weighted by Crippen LogP contribution is -1.81. The summed E-state index contributed by atoms with van der Waals surface area (Å²) >= 11 is 0. The molecule has 0 N–H and O–H groups in total. The predicted molar refractivity (Wildman–Crippen MR) is 40.1 cm³/mol. The average Bonchev–Trinajstić information content (AvgIpc) is 2.16. The van der Waals surface area contributed by atoms with Gasteiger partial charge in [0, 0.05) is 0 Å². The van der Waals surface area contributed by atoms with Gasteiger partial charge in [-0.25, -0.2) is 0 Å². The first-order chi connectivity index (χ1) is 5.83. The molecule has 1 rings (SSSR count). The molecule has 0 heterocycles. The Morgan fingerprint density at radius 3 is 1.92 bits per heavy atom. The predicted octanol–water partition coefficient (Wildman–Crippen LogP) is 1.31. The van der Waals surface area contributed by atoms with Crippen LogP contribution in [-0.4, -0.2) is 0 Å². The van der Waals surface area contributed by atoms with Crippen LogP contribution in [0.15, 0.2) is 23.3 Å². The quantitative estimate of drug-likeness (QED) is 0.573. The van der Waals surface area contributed by atoms with Gasteiger partial charge >= 0.3 is 0 Å². The normalized spacial score (nSPS) is 8.17. The van der Waals surface area contributed by atoms with Crippen molar-refractivity contribution in [1.29, 1.82) is 10.5 Å². The van der Waals surface area contributed by atoms with Crippen LogP contribution in [-0.2, 0) is 0 Å². The van der Waals surface area contributed by atoms with Crippen molar-refractivity contribution in [3.63, 3.8) is 0 Å². The molecule has 0 bridgehead atoms. The first-order valence-corrected chi connectivity index (χ1v) is 3.11. The van der Waals surface area contributed by atoms with E-state index >= 15 is 0 Å². The van der Waals surface area contributed by atoms with Crippen LogP contribution in [0.5, 0.6) is 0 Å². The SMILES string of the molecule is [N]=Nc1c(C#N)cccc1C#N. The summed E-state index contributed by atoms with van der Waals surface area (Å²) in [6, 6.07) is 8.16. The summed E-state index contributed by atoms with van der Waals surface area (Å²) in [5.41, 5.74) is 8.90. The second-order valence-corrected chi connectivity index (χ2v) is 2.03. The van der Waals surface area contributed by atoms with Gasteiger partial charge in [-0.15, -0.1) is 5.11 Å². The number of hydrogen-bond donors (Lipinski definition) is 0. The van der Waals surface area contributed by atoms with Crippen molar-refractivity contribution in [2.75, 3.05) is 0 Å². The molecule has 0 saturated carbocycles. The van der Waals surface area contributed by atoms with Gasteiger partial charge in [0.2, 0.25) is 0 Å². The van der Waals surface area contributed by atoms with Crippen molar-refractivity contribution < 1.29 is 0 Å². The van der Waals surface area contributed by atoms with Gasteiger partial charge in [-0.3, -0.25) is 0 Å². The lowest BCUT2D eigenvalue weighted by molar-refractivity contribution is 1.27. The topological polar surface area (TPSA) is 82.2 Å². The van der Waals surface area contributed by atoms with Crippen LogP contribution in [0.1, 0.15) is 11.1 Å². The Labute approximate surface area is 69.2 Å². The minimum atomic E-state index is 0.0301. The maximum atomic E-state index is 8.54. The lowest BCUT2D eigenvalue weighted by Gasteiger charge is -1.95. The maximum absolute atomic E-state index is 8.54. The highest BCUT2D eigenvalue weighted by atomic mass is 15.0. The van der Waals surface area contributed by atoms with E-state index in [2.05, 4.69) is 5.11 Å². The fourth-order valence-electron chi connectivity index (χ4n) is 0.832. The molecular weight excluding hydrogens is 152 g/mol. The summed E-state index contributed by atoms with van der Waals surface area (Å²) in [6.45, 7) is 0. The molecule has 0 atom stereocenters. The van der Waals surface area contributed by atoms with Crippen LogP contribution in [0.3, 0.4) is 0 Å². The van der Waals surface area contributed by atoms with Gasteiger partial charge in [-0.1, -0.05) is 6.07 Å². The Morgan fingerprint density at radius 1 is 1.08 bits per heavy atom. The van der Waals surface area contributed by atoms with E-state index in [0.29, 0.717) is 0 Å². The van der Waals surface area contributed by atoms with Crippen molar-refractivity contribution in [2.24, 2.45) is 5.11 Å². The number of nitrogens with zero attached hydrogens (tertiary/aromatic N) is 4. The fourth-order valence-corrected chi connectivity index (χ4v) is 0.832. The molecule has 4 nitrogen and oxygen atoms in total. The van der Waals surface area contributed by atoms with Crippen molar-refractivity contribution in [3.8, 4) is 12.1 Å². The molecule has 0 fully saturated rings. The van der Waals surface area contributed by atoms with Gasteiger partial charge in [0.15, 0.2) is 0 Å². The van der Waals surface area contributed by atoms with E-state index in [1.165, 1.54) is 12.1 Å². The molecule has 0 aliphatic heterocycles. The molecule has 0 amide bonds. The van der Waals surface area contributed by atoms with E-state index in [1.807, 2.05) is 12.1 Å². The molecule has 0 aromatic heterocycles. The van der Waals surface area contributed by atoms with Crippen LogP contribution in [0, 0.1) is 22.7 Å². The second-order valence-electron chi connectivity index (χ2n) is 2.03. The third-order valence-corrected chi connectivity index (χ3v) is 1.38. The molecule has 55 valence electrons. The van der Waals surface area contributed by atoms with Gasteiger partial charge in [0.1, 0.15) is 17.8 Å². The van der Waals surface area contributed by atoms with E-state index in [9.17, 15) is 0 Å². The fraction of sp³-hybridized carbons (Fsp3) is 0. The number of benzene rings is 1. The Kier molecular flexibility index (Phi) is 2.15. The third kappa shape index (κ3) is 1.14. The number of hydrogen-bond acceptors (Lipinski definition) is 3. The summed E-state index contributed by atoms with van der Waals surface area (Å²) in [7, 11) is 0. The first-order valence-electron chi connectivity index (χ1n) is 3.11. The lowest BCUT2D eigenvalue weighted by atomic mass is 10.1. The Bertz CT molecular complexity index is 362. The Morgan fingerprint density at radius 2 is 1.58 bits per heavy atom. The van der Waals surface area contributed by atoms with Gasteiger partial charge in [-0.05, 0) is 17.7 Å². The van der Waals surface area contributed by atoms with Crippen molar-refractivity contribution in [3.05, 3.63) is 29.3 Å². The molecule has 0 saturated heterocycles. The van der Waals surface area contributed by atoms with E-state index in [4.69, 9.17) is 16.1 Å². The Hall–Kier alpha value is -2.20. The summed E-state index contributed by atoms with van der Waals surface area (Å²) in [4.78, 5) is 0. The third-order valence-electron chi connectivity index (χ3n) is 1.38. The van der Waals surface area contributed by atoms with Gasteiger partial charge in [0.25, 0.3) is 0 Å². The number of nitriles is 2. The molecule has 0 spiro atoms. The highest BCUT2D eigenvalue weighted by Gasteiger charge is 2.05. The average molecular weight is 155 g/mol. The zero-order chi connectivity index (χ0) is 8.97. The van der Waals surface area contributed by atoms with Gasteiger partial charge in [-0.2, -0.15) is 10.5 Å². The molecule has 1 aromatic rings. The van der Waals surface area contributed by atoms with Crippen molar-refractivity contribution in [1.82, 2.24) is 5.53 Å². The van der Waals surface area contributed by atoms with Gasteiger partial charge < -0.3 is 0 Å². The molecule has 4 heteroatoms. The largest absolute Gasteiger partial charge is 0.192 e.